The number of aryl methyl sites for hydroxylation is 3. The Morgan fingerprint density at radius 2 is 1.74 bits per heavy atom. The zero-order valence-corrected chi connectivity index (χ0v) is 13.4. The van der Waals surface area contributed by atoms with E-state index in [4.69, 9.17) is 0 Å². The van der Waals surface area contributed by atoms with E-state index in [1.807, 2.05) is 32.9 Å². The average Bonchev–Trinajstić information content (AvgIpc) is 2.69. The minimum Gasteiger partial charge on any atom is -0.375 e. The molecule has 2 N–H and O–H groups in total. The molecule has 1 aliphatic heterocycles. The molecule has 0 saturated carbocycles. The smallest absolute Gasteiger partial charge is 0.261 e. The molecule has 4 nitrogen and oxygen atoms in total. The fraction of sp³-hybridized carbons (Fsp3) is 0.263. The topological polar surface area (TPSA) is 66.4 Å². The highest BCUT2D eigenvalue weighted by Crippen LogP contribution is 2.39. The summed E-state index contributed by atoms with van der Waals surface area (Å²) in [5.41, 5.74) is 2.61. The summed E-state index contributed by atoms with van der Waals surface area (Å²) in [6.45, 7) is 5.72. The summed E-state index contributed by atoms with van der Waals surface area (Å²) >= 11 is 0. The molecule has 1 atom stereocenters. The number of carbonyl (C=O) groups is 2. The Morgan fingerprint density at radius 3 is 2.39 bits per heavy atom. The highest BCUT2D eigenvalue weighted by molar-refractivity contribution is 6.10. The number of anilines is 1. The number of hydrogen-bond donors (Lipinski definition) is 2. The first-order valence-electron chi connectivity index (χ1n) is 7.57. The van der Waals surface area contributed by atoms with E-state index in [0.29, 0.717) is 16.8 Å². The van der Waals surface area contributed by atoms with Crippen molar-refractivity contribution in [2.75, 3.05) is 5.32 Å². The summed E-state index contributed by atoms with van der Waals surface area (Å²) in [6.07, 6.45) is -0.263. The van der Waals surface area contributed by atoms with Gasteiger partial charge in [0.1, 0.15) is 0 Å². The predicted molar refractivity (Wildman–Crippen MR) is 88.6 cm³/mol. The van der Waals surface area contributed by atoms with E-state index >= 15 is 0 Å². The van der Waals surface area contributed by atoms with Crippen LogP contribution in [-0.4, -0.2) is 16.8 Å². The minimum absolute atomic E-state index is 0.227. The maximum Gasteiger partial charge on any atom is 0.261 e. The fourth-order valence-electron chi connectivity index (χ4n) is 3.42. The third-order valence-electron chi connectivity index (χ3n) is 4.37. The molecule has 1 amide bonds. The molecule has 2 aromatic carbocycles. The van der Waals surface area contributed by atoms with E-state index in [1.165, 1.54) is 0 Å². The van der Waals surface area contributed by atoms with Crippen molar-refractivity contribution < 1.29 is 14.7 Å². The van der Waals surface area contributed by atoms with Crippen LogP contribution in [0.4, 0.5) is 5.69 Å². The van der Waals surface area contributed by atoms with Gasteiger partial charge in [-0.2, -0.15) is 0 Å². The number of fused-ring (bicyclic) bond motifs is 1. The lowest BCUT2D eigenvalue weighted by Gasteiger charge is -2.21. The molecule has 1 heterocycles. The second-order valence-corrected chi connectivity index (χ2v) is 6.23. The molecule has 0 bridgehead atoms. The van der Waals surface area contributed by atoms with E-state index < -0.39 is 11.5 Å². The molecule has 0 spiro atoms. The number of ketones is 1. The van der Waals surface area contributed by atoms with Gasteiger partial charge in [0, 0.05) is 16.8 Å². The van der Waals surface area contributed by atoms with Crippen molar-refractivity contribution in [3.8, 4) is 0 Å². The standard InChI is InChI=1S/C19H19NO3/c1-11-8-12(2)17(13(3)9-11)16(21)10-19(23)14-6-4-5-7-15(14)20-18(19)22/h4-9,23H,10H2,1-3H3,(H,20,22)/t19-/m1/s1. The quantitative estimate of drug-likeness (QED) is 0.857. The number of para-hydroxylation sites is 1. The van der Waals surface area contributed by atoms with Gasteiger partial charge in [-0.1, -0.05) is 35.9 Å². The van der Waals surface area contributed by atoms with Crippen LogP contribution in [0.15, 0.2) is 36.4 Å². The number of hydrogen-bond acceptors (Lipinski definition) is 3. The zero-order valence-electron chi connectivity index (χ0n) is 13.4. The Hall–Kier alpha value is -2.46. The lowest BCUT2D eigenvalue weighted by Crippen LogP contribution is -2.36. The molecule has 0 radical (unpaired) electrons. The summed E-state index contributed by atoms with van der Waals surface area (Å²) in [7, 11) is 0. The lowest BCUT2D eigenvalue weighted by atomic mass is 9.85. The van der Waals surface area contributed by atoms with Crippen molar-refractivity contribution >= 4 is 17.4 Å². The first kappa shape index (κ1) is 15.4. The van der Waals surface area contributed by atoms with Crippen LogP contribution < -0.4 is 5.32 Å². The summed E-state index contributed by atoms with van der Waals surface area (Å²) < 4.78 is 0. The molecule has 0 aromatic heterocycles. The van der Waals surface area contributed by atoms with Crippen molar-refractivity contribution in [3.05, 3.63) is 64.2 Å². The van der Waals surface area contributed by atoms with Crippen molar-refractivity contribution in [2.45, 2.75) is 32.8 Å². The van der Waals surface area contributed by atoms with E-state index in [2.05, 4.69) is 5.32 Å². The number of aliphatic hydroxyl groups is 1. The minimum atomic E-state index is -1.81. The third kappa shape index (κ3) is 2.45. The number of benzene rings is 2. The third-order valence-corrected chi connectivity index (χ3v) is 4.37. The van der Waals surface area contributed by atoms with E-state index in [0.717, 1.165) is 16.7 Å². The van der Waals surface area contributed by atoms with E-state index in [-0.39, 0.29) is 12.2 Å². The summed E-state index contributed by atoms with van der Waals surface area (Å²) in [5, 5.41) is 13.5. The normalized spacial score (nSPS) is 19.4. The molecule has 23 heavy (non-hydrogen) atoms. The molecule has 1 aliphatic rings. The van der Waals surface area contributed by atoms with Crippen LogP contribution in [0.5, 0.6) is 0 Å². The average molecular weight is 309 g/mol. The summed E-state index contributed by atoms with van der Waals surface area (Å²) in [5.74, 6) is -0.774. The highest BCUT2D eigenvalue weighted by Gasteiger charge is 2.46. The monoisotopic (exact) mass is 309 g/mol. The van der Waals surface area contributed by atoms with Gasteiger partial charge < -0.3 is 10.4 Å². The van der Waals surface area contributed by atoms with Crippen LogP contribution in [0.3, 0.4) is 0 Å². The van der Waals surface area contributed by atoms with Crippen molar-refractivity contribution in [2.24, 2.45) is 0 Å². The second-order valence-electron chi connectivity index (χ2n) is 6.23. The molecular weight excluding hydrogens is 290 g/mol. The van der Waals surface area contributed by atoms with Crippen LogP contribution in [0.2, 0.25) is 0 Å². The van der Waals surface area contributed by atoms with E-state index in [1.54, 1.807) is 24.3 Å². The Balaban J connectivity index is 1.99. The van der Waals surface area contributed by atoms with Crippen LogP contribution in [0, 0.1) is 20.8 Å². The SMILES string of the molecule is Cc1cc(C)c(C(=O)C[C@]2(O)C(=O)Nc3ccccc32)c(C)c1. The molecule has 118 valence electrons. The highest BCUT2D eigenvalue weighted by atomic mass is 16.3. The van der Waals surface area contributed by atoms with Gasteiger partial charge in [0.25, 0.3) is 5.91 Å². The van der Waals surface area contributed by atoms with Gasteiger partial charge in [0.05, 0.1) is 6.42 Å². The molecule has 0 saturated heterocycles. The van der Waals surface area contributed by atoms with Gasteiger partial charge in [0.15, 0.2) is 11.4 Å². The van der Waals surface area contributed by atoms with Gasteiger partial charge in [-0.3, -0.25) is 9.59 Å². The lowest BCUT2D eigenvalue weighted by molar-refractivity contribution is -0.133. The van der Waals surface area contributed by atoms with Gasteiger partial charge in [-0.05, 0) is 38.0 Å². The van der Waals surface area contributed by atoms with Crippen LogP contribution in [-0.2, 0) is 10.4 Å². The number of amides is 1. The summed E-state index contributed by atoms with van der Waals surface area (Å²) in [4.78, 5) is 25.0. The van der Waals surface area contributed by atoms with Gasteiger partial charge in [0.2, 0.25) is 0 Å². The molecular formula is C19H19NO3. The zero-order chi connectivity index (χ0) is 16.8. The first-order valence-corrected chi connectivity index (χ1v) is 7.57. The van der Waals surface area contributed by atoms with Gasteiger partial charge >= 0.3 is 0 Å². The largest absolute Gasteiger partial charge is 0.375 e. The molecule has 2 aromatic rings. The number of rotatable bonds is 3. The number of nitrogens with one attached hydrogen (secondary N) is 1. The number of carbonyl (C=O) groups excluding carboxylic acids is 2. The fourth-order valence-corrected chi connectivity index (χ4v) is 3.42. The van der Waals surface area contributed by atoms with Crippen molar-refractivity contribution in [1.29, 1.82) is 0 Å². The van der Waals surface area contributed by atoms with Crippen molar-refractivity contribution in [1.82, 2.24) is 0 Å². The first-order chi connectivity index (χ1) is 10.8. The van der Waals surface area contributed by atoms with Crippen LogP contribution in [0.1, 0.15) is 39.0 Å². The Morgan fingerprint density at radius 1 is 1.13 bits per heavy atom. The molecule has 0 aliphatic carbocycles. The van der Waals surface area contributed by atoms with Gasteiger partial charge in [-0.15, -0.1) is 0 Å². The van der Waals surface area contributed by atoms with Gasteiger partial charge in [-0.25, -0.2) is 0 Å². The molecule has 3 rings (SSSR count). The van der Waals surface area contributed by atoms with Crippen molar-refractivity contribution in [3.63, 3.8) is 0 Å². The second kappa shape index (κ2) is 5.32. The maximum absolute atomic E-state index is 12.8. The predicted octanol–water partition coefficient (Wildman–Crippen LogP) is 3.02. The van der Waals surface area contributed by atoms with E-state index in [9.17, 15) is 14.7 Å². The molecule has 4 heteroatoms. The Bertz CT molecular complexity index is 802. The van der Waals surface area contributed by atoms with Crippen LogP contribution in [0.25, 0.3) is 0 Å². The molecule has 0 fully saturated rings. The molecule has 0 unspecified atom stereocenters. The Labute approximate surface area is 135 Å². The number of Topliss-reactive ketones (excluding diaryl/α,β-unsaturated/α-hetero) is 1. The summed E-state index contributed by atoms with van der Waals surface area (Å²) in [6, 6.07) is 10.8. The Kier molecular flexibility index (Phi) is 3.57. The maximum atomic E-state index is 12.8. The van der Waals surface area contributed by atoms with Crippen LogP contribution >= 0.6 is 0 Å².